The lowest BCUT2D eigenvalue weighted by atomic mass is 9.93. The van der Waals surface area contributed by atoms with E-state index < -0.39 is 0 Å². The number of aromatic nitrogens is 2. The number of hydrogen-bond donors (Lipinski definition) is 2. The van der Waals surface area contributed by atoms with Gasteiger partial charge in [-0.15, -0.1) is 0 Å². The molecule has 3 N–H and O–H groups in total. The van der Waals surface area contributed by atoms with E-state index in [0.29, 0.717) is 5.92 Å². The summed E-state index contributed by atoms with van der Waals surface area (Å²) in [4.78, 5) is 4.83. The lowest BCUT2D eigenvalue weighted by Gasteiger charge is -2.32. The van der Waals surface area contributed by atoms with Crippen LogP contribution < -0.4 is 5.73 Å². The first-order valence-corrected chi connectivity index (χ1v) is 7.48. The van der Waals surface area contributed by atoms with Crippen molar-refractivity contribution in [3.63, 3.8) is 0 Å². The van der Waals surface area contributed by atoms with Crippen molar-refractivity contribution in [2.45, 2.75) is 51.0 Å². The van der Waals surface area contributed by atoms with Crippen molar-refractivity contribution in [3.05, 3.63) is 24.0 Å². The van der Waals surface area contributed by atoms with Crippen molar-refractivity contribution in [2.75, 3.05) is 12.3 Å². The molecule has 1 unspecified atom stereocenters. The molecule has 1 aliphatic carbocycles. The topological polar surface area (TPSA) is 64.1 Å². The molecule has 0 aliphatic heterocycles. The first kappa shape index (κ1) is 13.4. The van der Waals surface area contributed by atoms with Gasteiger partial charge < -0.3 is 15.4 Å². The van der Waals surface area contributed by atoms with Crippen LogP contribution >= 0.6 is 0 Å². The van der Waals surface area contributed by atoms with E-state index in [4.69, 9.17) is 10.7 Å². The zero-order valence-corrected chi connectivity index (χ0v) is 12.3. The van der Waals surface area contributed by atoms with Crippen LogP contribution in [0.4, 0.5) is 5.69 Å². The lowest BCUT2D eigenvalue weighted by molar-refractivity contribution is 0.194. The highest BCUT2D eigenvalue weighted by molar-refractivity contribution is 5.80. The van der Waals surface area contributed by atoms with Gasteiger partial charge in [0.05, 0.1) is 11.0 Å². The van der Waals surface area contributed by atoms with Gasteiger partial charge >= 0.3 is 0 Å². The highest BCUT2D eigenvalue weighted by atomic mass is 16.3. The number of benzene rings is 1. The molecule has 1 atom stereocenters. The van der Waals surface area contributed by atoms with Gasteiger partial charge in [-0.25, -0.2) is 4.98 Å². The molecule has 1 aliphatic rings. The Morgan fingerprint density at radius 2 is 2.20 bits per heavy atom. The molecule has 0 radical (unpaired) electrons. The standard InChI is InChI=1S/C16H23N3O/c1-3-16(2,8-9-20)19-14-7-6-12(17)10-13(14)18-15(19)11-4-5-11/h6-7,10-11,20H,3-5,8-9,17H2,1-2H3. The Hall–Kier alpha value is -1.55. The van der Waals surface area contributed by atoms with E-state index in [-0.39, 0.29) is 12.1 Å². The van der Waals surface area contributed by atoms with E-state index >= 15 is 0 Å². The summed E-state index contributed by atoms with van der Waals surface area (Å²) in [6.45, 7) is 4.59. The van der Waals surface area contributed by atoms with Crippen LogP contribution in [-0.4, -0.2) is 21.3 Å². The van der Waals surface area contributed by atoms with Crippen LogP contribution in [0, 0.1) is 0 Å². The fraction of sp³-hybridized carbons (Fsp3) is 0.562. The van der Waals surface area contributed by atoms with Crippen molar-refractivity contribution in [1.82, 2.24) is 9.55 Å². The molecular weight excluding hydrogens is 250 g/mol. The quantitative estimate of drug-likeness (QED) is 0.823. The van der Waals surface area contributed by atoms with Crippen LogP contribution in [0.15, 0.2) is 18.2 Å². The molecule has 108 valence electrons. The van der Waals surface area contributed by atoms with Gasteiger partial charge in [0, 0.05) is 23.8 Å². The van der Waals surface area contributed by atoms with Crippen molar-refractivity contribution < 1.29 is 5.11 Å². The molecule has 1 aromatic heterocycles. The van der Waals surface area contributed by atoms with Crippen LogP contribution in [-0.2, 0) is 5.54 Å². The van der Waals surface area contributed by atoms with Crippen molar-refractivity contribution in [1.29, 1.82) is 0 Å². The average molecular weight is 273 g/mol. The van der Waals surface area contributed by atoms with Gasteiger partial charge in [-0.3, -0.25) is 0 Å². The molecule has 1 aromatic carbocycles. The SMILES string of the molecule is CCC(C)(CCO)n1c(C2CC2)nc2cc(N)ccc21. The number of nitrogen functional groups attached to an aromatic ring is 1. The van der Waals surface area contributed by atoms with Crippen LogP contribution in [0.1, 0.15) is 51.3 Å². The van der Waals surface area contributed by atoms with Gasteiger partial charge in [0.15, 0.2) is 0 Å². The maximum absolute atomic E-state index is 9.44. The van der Waals surface area contributed by atoms with Crippen LogP contribution in [0.5, 0.6) is 0 Å². The van der Waals surface area contributed by atoms with E-state index in [1.165, 1.54) is 18.7 Å². The third-order valence-corrected chi connectivity index (χ3v) is 4.60. The minimum absolute atomic E-state index is 0.0858. The van der Waals surface area contributed by atoms with Gasteiger partial charge in [-0.1, -0.05) is 6.92 Å². The van der Waals surface area contributed by atoms with Gasteiger partial charge in [0.25, 0.3) is 0 Å². The van der Waals surface area contributed by atoms with Crippen LogP contribution in [0.2, 0.25) is 0 Å². The number of imidazole rings is 1. The maximum Gasteiger partial charge on any atom is 0.113 e. The summed E-state index contributed by atoms with van der Waals surface area (Å²) in [5, 5.41) is 9.44. The fourth-order valence-electron chi connectivity index (χ4n) is 2.99. The molecule has 4 nitrogen and oxygen atoms in total. The maximum atomic E-state index is 9.44. The second-order valence-corrected chi connectivity index (χ2v) is 6.15. The average Bonchev–Trinajstić information content (AvgIpc) is 3.19. The van der Waals surface area contributed by atoms with E-state index in [0.717, 1.165) is 29.6 Å². The number of fused-ring (bicyclic) bond motifs is 1. The molecular formula is C16H23N3O. The van der Waals surface area contributed by atoms with E-state index in [1.807, 2.05) is 12.1 Å². The Kier molecular flexibility index (Phi) is 3.21. The Morgan fingerprint density at radius 1 is 1.45 bits per heavy atom. The summed E-state index contributed by atoms with van der Waals surface area (Å²) < 4.78 is 2.36. The van der Waals surface area contributed by atoms with E-state index in [1.54, 1.807) is 0 Å². The zero-order chi connectivity index (χ0) is 14.3. The summed E-state index contributed by atoms with van der Waals surface area (Å²) in [6.07, 6.45) is 4.16. The van der Waals surface area contributed by atoms with Crippen molar-refractivity contribution >= 4 is 16.7 Å². The highest BCUT2D eigenvalue weighted by Crippen LogP contribution is 2.44. The van der Waals surface area contributed by atoms with E-state index in [9.17, 15) is 5.11 Å². The molecule has 0 spiro atoms. The van der Waals surface area contributed by atoms with Gasteiger partial charge in [-0.05, 0) is 50.8 Å². The number of aliphatic hydroxyl groups excluding tert-OH is 1. The molecule has 2 aromatic rings. The molecule has 4 heteroatoms. The summed E-state index contributed by atoms with van der Waals surface area (Å²) in [5.41, 5.74) is 8.67. The number of nitrogens with two attached hydrogens (primary N) is 1. The summed E-state index contributed by atoms with van der Waals surface area (Å²) >= 11 is 0. The van der Waals surface area contributed by atoms with Crippen LogP contribution in [0.3, 0.4) is 0 Å². The van der Waals surface area contributed by atoms with Gasteiger partial charge in [-0.2, -0.15) is 0 Å². The van der Waals surface area contributed by atoms with Crippen molar-refractivity contribution in [2.24, 2.45) is 0 Å². The Labute approximate surface area is 119 Å². The highest BCUT2D eigenvalue weighted by Gasteiger charge is 2.35. The number of rotatable bonds is 5. The zero-order valence-electron chi connectivity index (χ0n) is 12.3. The predicted octanol–water partition coefficient (Wildman–Crippen LogP) is 3.00. The summed E-state index contributed by atoms with van der Waals surface area (Å²) in [6, 6.07) is 5.95. The number of nitrogens with zero attached hydrogens (tertiary/aromatic N) is 2. The summed E-state index contributed by atoms with van der Waals surface area (Å²) in [5.74, 6) is 1.75. The Bertz CT molecular complexity index is 630. The van der Waals surface area contributed by atoms with Crippen LogP contribution in [0.25, 0.3) is 11.0 Å². The minimum atomic E-state index is -0.0858. The molecule has 0 bridgehead atoms. The van der Waals surface area contributed by atoms with Gasteiger partial charge in [0.2, 0.25) is 0 Å². The number of hydrogen-bond acceptors (Lipinski definition) is 3. The third-order valence-electron chi connectivity index (χ3n) is 4.60. The normalized spacial score (nSPS) is 18.4. The smallest absolute Gasteiger partial charge is 0.113 e. The van der Waals surface area contributed by atoms with E-state index in [2.05, 4.69) is 24.5 Å². The first-order valence-electron chi connectivity index (χ1n) is 7.48. The molecule has 1 heterocycles. The number of aliphatic hydroxyl groups is 1. The largest absolute Gasteiger partial charge is 0.399 e. The van der Waals surface area contributed by atoms with Gasteiger partial charge in [0.1, 0.15) is 5.82 Å². The fourth-order valence-corrected chi connectivity index (χ4v) is 2.99. The minimum Gasteiger partial charge on any atom is -0.399 e. The molecule has 0 amide bonds. The van der Waals surface area contributed by atoms with Crippen molar-refractivity contribution in [3.8, 4) is 0 Å². The monoisotopic (exact) mass is 273 g/mol. The Morgan fingerprint density at radius 3 is 2.80 bits per heavy atom. The molecule has 20 heavy (non-hydrogen) atoms. The third kappa shape index (κ3) is 2.08. The Balaban J connectivity index is 2.23. The second kappa shape index (κ2) is 4.77. The summed E-state index contributed by atoms with van der Waals surface area (Å²) in [7, 11) is 0. The molecule has 1 saturated carbocycles. The second-order valence-electron chi connectivity index (χ2n) is 6.15. The lowest BCUT2D eigenvalue weighted by Crippen LogP contribution is -2.32. The number of anilines is 1. The molecule has 3 rings (SSSR count). The first-order chi connectivity index (χ1) is 9.59. The molecule has 0 saturated heterocycles. The molecule has 1 fully saturated rings. The predicted molar refractivity (Wildman–Crippen MR) is 81.8 cm³/mol.